The third-order valence-corrected chi connectivity index (χ3v) is 5.45. The van der Waals surface area contributed by atoms with Gasteiger partial charge in [0.05, 0.1) is 35.7 Å². The maximum absolute atomic E-state index is 15.0. The third-order valence-electron chi connectivity index (χ3n) is 5.45. The molecule has 1 saturated heterocycles. The highest BCUT2D eigenvalue weighted by molar-refractivity contribution is 6.00. The van der Waals surface area contributed by atoms with Crippen molar-refractivity contribution >= 4 is 17.3 Å². The van der Waals surface area contributed by atoms with Crippen LogP contribution in [-0.2, 0) is 11.3 Å². The minimum Gasteiger partial charge on any atom is -0.378 e. The number of ether oxygens (including phenoxy) is 1. The SMILES string of the molecule is CC(C)(CN)Nc1cc(F)c(N2CCOCC2)cc1C(=O)NCc1cccc(C(F)F)c1F.CCC. The molecule has 0 radical (unpaired) electrons. The van der Waals surface area contributed by atoms with E-state index in [-0.39, 0.29) is 35.6 Å². The van der Waals surface area contributed by atoms with Crippen molar-refractivity contribution < 1.29 is 27.1 Å². The van der Waals surface area contributed by atoms with Crippen molar-refractivity contribution in [3.05, 3.63) is 58.7 Å². The first-order valence-electron chi connectivity index (χ1n) is 12.0. The Morgan fingerprint density at radius 3 is 2.39 bits per heavy atom. The Hall–Kier alpha value is -2.85. The maximum Gasteiger partial charge on any atom is 0.266 e. The first kappa shape index (κ1) is 29.4. The molecule has 0 atom stereocenters. The average molecular weight is 513 g/mol. The molecule has 36 heavy (non-hydrogen) atoms. The molecule has 4 N–H and O–H groups in total. The highest BCUT2D eigenvalue weighted by Gasteiger charge is 2.25. The van der Waals surface area contributed by atoms with Gasteiger partial charge in [-0.3, -0.25) is 4.79 Å². The van der Waals surface area contributed by atoms with E-state index in [2.05, 4.69) is 24.5 Å². The van der Waals surface area contributed by atoms with Crippen LogP contribution in [0.15, 0.2) is 30.3 Å². The number of morpholine rings is 1. The van der Waals surface area contributed by atoms with Gasteiger partial charge in [-0.15, -0.1) is 0 Å². The number of benzene rings is 2. The third kappa shape index (κ3) is 7.83. The second kappa shape index (κ2) is 13.5. The Labute approximate surface area is 210 Å². The molecule has 6 nitrogen and oxygen atoms in total. The number of nitrogens with zero attached hydrogens (tertiary/aromatic N) is 1. The number of alkyl halides is 2. The largest absolute Gasteiger partial charge is 0.378 e. The van der Waals surface area contributed by atoms with E-state index in [0.717, 1.165) is 6.07 Å². The monoisotopic (exact) mass is 512 g/mol. The van der Waals surface area contributed by atoms with Crippen LogP contribution in [0.2, 0.25) is 0 Å². The predicted octanol–water partition coefficient (Wildman–Crippen LogP) is 5.23. The van der Waals surface area contributed by atoms with Crippen molar-refractivity contribution in [3.63, 3.8) is 0 Å². The fraction of sp³-hybridized carbons (Fsp3) is 0.500. The van der Waals surface area contributed by atoms with Crippen LogP contribution >= 0.6 is 0 Å². The van der Waals surface area contributed by atoms with Crippen molar-refractivity contribution in [2.45, 2.75) is 52.6 Å². The molecule has 1 heterocycles. The van der Waals surface area contributed by atoms with E-state index in [1.165, 1.54) is 30.7 Å². The van der Waals surface area contributed by atoms with Gasteiger partial charge in [0.2, 0.25) is 0 Å². The Kier molecular flexibility index (Phi) is 11.0. The zero-order valence-corrected chi connectivity index (χ0v) is 21.3. The molecule has 1 fully saturated rings. The Bertz CT molecular complexity index is 1010. The number of carbonyl (C=O) groups excluding carboxylic acids is 1. The number of nitrogens with two attached hydrogens (primary N) is 1. The van der Waals surface area contributed by atoms with Gasteiger partial charge in [-0.05, 0) is 26.0 Å². The molecule has 1 aliphatic heterocycles. The molecule has 0 saturated carbocycles. The van der Waals surface area contributed by atoms with Gasteiger partial charge in [0.25, 0.3) is 12.3 Å². The number of nitrogens with one attached hydrogen (secondary N) is 2. The summed E-state index contributed by atoms with van der Waals surface area (Å²) in [6.07, 6.45) is -1.72. The molecule has 1 aliphatic rings. The van der Waals surface area contributed by atoms with Crippen LogP contribution in [0.25, 0.3) is 0 Å². The summed E-state index contributed by atoms with van der Waals surface area (Å²) in [7, 11) is 0. The molecule has 0 unspecified atom stereocenters. The second-order valence-corrected chi connectivity index (χ2v) is 9.17. The lowest BCUT2D eigenvalue weighted by molar-refractivity contribution is 0.0951. The van der Waals surface area contributed by atoms with Gasteiger partial charge in [-0.2, -0.15) is 0 Å². The minimum absolute atomic E-state index is 0.0755. The van der Waals surface area contributed by atoms with Crippen molar-refractivity contribution in [1.29, 1.82) is 0 Å². The standard InChI is InChI=1S/C23H28F4N4O2.C3H8/c1-23(2,13-28)30-18-11-17(24)19(31-6-8-33-9-7-31)10-16(18)22(32)29-12-14-4-3-5-15(20(14)25)21(26)27;1-3-2/h3-5,10-11,21,30H,6-9,12-13,28H2,1-2H3,(H,29,32);3H2,1-2H3. The summed E-state index contributed by atoms with van der Waals surface area (Å²) in [5.41, 5.74) is 4.92. The van der Waals surface area contributed by atoms with Crippen molar-refractivity contribution in [2.24, 2.45) is 5.73 Å². The lowest BCUT2D eigenvalue weighted by Gasteiger charge is -2.31. The molecule has 200 valence electrons. The molecule has 3 rings (SSSR count). The number of hydrogen-bond acceptors (Lipinski definition) is 5. The molecule has 0 spiro atoms. The summed E-state index contributed by atoms with van der Waals surface area (Å²) < 4.78 is 60.6. The van der Waals surface area contributed by atoms with Crippen LogP contribution in [0.5, 0.6) is 0 Å². The Morgan fingerprint density at radius 1 is 1.17 bits per heavy atom. The summed E-state index contributed by atoms with van der Waals surface area (Å²) in [6, 6.07) is 6.28. The van der Waals surface area contributed by atoms with Gasteiger partial charge in [0.15, 0.2) is 0 Å². The number of anilines is 2. The van der Waals surface area contributed by atoms with Crippen LogP contribution < -0.4 is 21.3 Å². The number of hydrogen-bond donors (Lipinski definition) is 3. The van der Waals surface area contributed by atoms with Gasteiger partial charge >= 0.3 is 0 Å². The van der Waals surface area contributed by atoms with Gasteiger partial charge < -0.3 is 26.0 Å². The van der Waals surface area contributed by atoms with E-state index in [9.17, 15) is 22.4 Å². The van der Waals surface area contributed by atoms with Gasteiger partial charge in [0.1, 0.15) is 11.6 Å². The zero-order valence-electron chi connectivity index (χ0n) is 21.3. The average Bonchev–Trinajstić information content (AvgIpc) is 2.84. The van der Waals surface area contributed by atoms with E-state index in [0.29, 0.717) is 26.3 Å². The molecule has 0 aromatic heterocycles. The summed E-state index contributed by atoms with van der Waals surface area (Å²) >= 11 is 0. The van der Waals surface area contributed by atoms with Gasteiger partial charge in [-0.1, -0.05) is 38.5 Å². The van der Waals surface area contributed by atoms with E-state index < -0.39 is 35.1 Å². The molecule has 0 aliphatic carbocycles. The van der Waals surface area contributed by atoms with Crippen LogP contribution in [0.3, 0.4) is 0 Å². The Balaban J connectivity index is 0.00000145. The van der Waals surface area contributed by atoms with Crippen molar-refractivity contribution in [1.82, 2.24) is 5.32 Å². The summed E-state index contributed by atoms with van der Waals surface area (Å²) in [5, 5.41) is 5.64. The topological polar surface area (TPSA) is 79.6 Å². The van der Waals surface area contributed by atoms with Crippen LogP contribution in [0, 0.1) is 11.6 Å². The fourth-order valence-corrected chi connectivity index (χ4v) is 3.49. The summed E-state index contributed by atoms with van der Waals surface area (Å²) in [5.74, 6) is -2.19. The summed E-state index contributed by atoms with van der Waals surface area (Å²) in [4.78, 5) is 14.8. The molecule has 2 aromatic carbocycles. The lowest BCUT2D eigenvalue weighted by Crippen LogP contribution is -2.40. The maximum atomic E-state index is 15.0. The van der Waals surface area contributed by atoms with E-state index >= 15 is 0 Å². The quantitative estimate of drug-likeness (QED) is 0.422. The summed E-state index contributed by atoms with van der Waals surface area (Å²) in [6.45, 7) is 9.54. The number of rotatable bonds is 8. The van der Waals surface area contributed by atoms with E-state index in [1.54, 1.807) is 18.7 Å². The van der Waals surface area contributed by atoms with E-state index in [1.807, 2.05) is 0 Å². The van der Waals surface area contributed by atoms with Crippen LogP contribution in [-0.4, -0.2) is 44.3 Å². The molecule has 10 heteroatoms. The molecule has 0 bridgehead atoms. The highest BCUT2D eigenvalue weighted by atomic mass is 19.3. The highest BCUT2D eigenvalue weighted by Crippen LogP contribution is 2.30. The van der Waals surface area contributed by atoms with Crippen molar-refractivity contribution in [2.75, 3.05) is 43.1 Å². The number of amides is 1. The first-order chi connectivity index (χ1) is 17.0. The van der Waals surface area contributed by atoms with E-state index in [4.69, 9.17) is 10.5 Å². The minimum atomic E-state index is -2.97. The molecule has 2 aromatic rings. The fourth-order valence-electron chi connectivity index (χ4n) is 3.49. The predicted molar refractivity (Wildman–Crippen MR) is 135 cm³/mol. The number of carbonyl (C=O) groups is 1. The van der Waals surface area contributed by atoms with Crippen LogP contribution in [0.1, 0.15) is 62.0 Å². The zero-order chi connectivity index (χ0) is 26.9. The molecular formula is C26H36F4N4O2. The lowest BCUT2D eigenvalue weighted by atomic mass is 10.0. The second-order valence-electron chi connectivity index (χ2n) is 9.17. The number of halogens is 4. The van der Waals surface area contributed by atoms with Crippen molar-refractivity contribution in [3.8, 4) is 0 Å². The van der Waals surface area contributed by atoms with Gasteiger partial charge in [-0.25, -0.2) is 17.6 Å². The van der Waals surface area contributed by atoms with Gasteiger partial charge in [0, 0.05) is 37.3 Å². The molecule has 1 amide bonds. The first-order valence-corrected chi connectivity index (χ1v) is 12.0. The normalized spacial score (nSPS) is 13.8. The smallest absolute Gasteiger partial charge is 0.266 e. The molecular weight excluding hydrogens is 476 g/mol. The Morgan fingerprint density at radius 2 is 1.81 bits per heavy atom. The van der Waals surface area contributed by atoms with Crippen LogP contribution in [0.4, 0.5) is 28.9 Å².